The van der Waals surface area contributed by atoms with Crippen LogP contribution in [0, 0.1) is 21.4 Å². The van der Waals surface area contributed by atoms with Gasteiger partial charge in [0.1, 0.15) is 6.07 Å². The fraction of sp³-hybridized carbons (Fsp3) is 0.529. The van der Waals surface area contributed by atoms with Crippen molar-refractivity contribution in [3.05, 3.63) is 33.9 Å². The Labute approximate surface area is 141 Å². The molecule has 0 unspecified atom stereocenters. The van der Waals surface area contributed by atoms with E-state index in [0.29, 0.717) is 25.1 Å². The van der Waals surface area contributed by atoms with Gasteiger partial charge in [0, 0.05) is 37.7 Å². The third-order valence-corrected chi connectivity index (χ3v) is 4.27. The average molecular weight is 330 g/mol. The van der Waals surface area contributed by atoms with E-state index in [4.69, 9.17) is 0 Å². The number of hydrogen-bond donors (Lipinski definition) is 1. The molecule has 1 fully saturated rings. The van der Waals surface area contributed by atoms with E-state index in [9.17, 15) is 20.2 Å². The average Bonchev–Trinajstić information content (AvgIpc) is 2.60. The Morgan fingerprint density at radius 1 is 1.46 bits per heavy atom. The Balaban J connectivity index is 1.96. The molecule has 1 N–H and O–H groups in total. The van der Waals surface area contributed by atoms with Gasteiger partial charge in [0.05, 0.1) is 16.2 Å². The smallest absolute Gasteiger partial charge is 0.270 e. The van der Waals surface area contributed by atoms with E-state index in [1.165, 1.54) is 12.1 Å². The van der Waals surface area contributed by atoms with Crippen molar-refractivity contribution in [2.45, 2.75) is 45.1 Å². The maximum atomic E-state index is 11.8. The summed E-state index contributed by atoms with van der Waals surface area (Å²) in [6, 6.07) is 6.57. The highest BCUT2D eigenvalue weighted by molar-refractivity contribution is 5.76. The highest BCUT2D eigenvalue weighted by atomic mass is 16.6. The Morgan fingerprint density at radius 3 is 2.75 bits per heavy atom. The second-order valence-electron chi connectivity index (χ2n) is 6.00. The van der Waals surface area contributed by atoms with E-state index >= 15 is 0 Å². The molecule has 0 radical (unpaired) electrons. The summed E-state index contributed by atoms with van der Waals surface area (Å²) in [4.78, 5) is 24.2. The van der Waals surface area contributed by atoms with Crippen LogP contribution in [0.5, 0.6) is 0 Å². The molecule has 7 heteroatoms. The summed E-state index contributed by atoms with van der Waals surface area (Å²) in [5, 5.41) is 23.1. The first-order valence-corrected chi connectivity index (χ1v) is 8.28. The number of amides is 1. The van der Waals surface area contributed by atoms with Gasteiger partial charge >= 0.3 is 0 Å². The van der Waals surface area contributed by atoms with Gasteiger partial charge in [-0.2, -0.15) is 5.26 Å². The number of carbonyl (C=O) groups is 1. The van der Waals surface area contributed by atoms with E-state index in [1.54, 1.807) is 6.07 Å². The SMILES string of the molecule is CCCCC(=O)NC1CCN(c2ccc([N+](=O)[O-])cc2C#N)CC1. The first-order chi connectivity index (χ1) is 11.5. The largest absolute Gasteiger partial charge is 0.370 e. The molecular weight excluding hydrogens is 308 g/mol. The van der Waals surface area contributed by atoms with Crippen LogP contribution < -0.4 is 10.2 Å². The van der Waals surface area contributed by atoms with Crippen LogP contribution in [0.2, 0.25) is 0 Å². The second-order valence-corrected chi connectivity index (χ2v) is 6.00. The predicted octanol–water partition coefficient (Wildman–Crippen LogP) is 2.74. The van der Waals surface area contributed by atoms with Crippen LogP contribution >= 0.6 is 0 Å². The maximum absolute atomic E-state index is 11.8. The van der Waals surface area contributed by atoms with Crippen LogP contribution in [-0.4, -0.2) is 30.0 Å². The molecule has 0 spiro atoms. The second kappa shape index (κ2) is 8.29. The van der Waals surface area contributed by atoms with Crippen molar-refractivity contribution in [2.75, 3.05) is 18.0 Å². The summed E-state index contributed by atoms with van der Waals surface area (Å²) in [6.07, 6.45) is 4.08. The molecule has 1 aromatic carbocycles. The van der Waals surface area contributed by atoms with Crippen molar-refractivity contribution in [1.82, 2.24) is 5.32 Å². The number of rotatable bonds is 6. The first kappa shape index (κ1) is 17.7. The number of benzene rings is 1. The van der Waals surface area contributed by atoms with E-state index in [1.807, 2.05) is 6.07 Å². The molecule has 24 heavy (non-hydrogen) atoms. The topological polar surface area (TPSA) is 99.3 Å². The predicted molar refractivity (Wildman–Crippen MR) is 90.7 cm³/mol. The third kappa shape index (κ3) is 4.44. The van der Waals surface area contributed by atoms with Crippen LogP contribution in [0.15, 0.2) is 18.2 Å². The molecule has 1 heterocycles. The summed E-state index contributed by atoms with van der Waals surface area (Å²) in [6.45, 7) is 3.49. The Hall–Kier alpha value is -2.62. The van der Waals surface area contributed by atoms with E-state index < -0.39 is 4.92 Å². The van der Waals surface area contributed by atoms with Crippen LogP contribution in [0.4, 0.5) is 11.4 Å². The third-order valence-electron chi connectivity index (χ3n) is 4.27. The van der Waals surface area contributed by atoms with Crippen molar-refractivity contribution in [3.8, 4) is 6.07 Å². The molecule has 1 saturated heterocycles. The van der Waals surface area contributed by atoms with Crippen molar-refractivity contribution in [3.63, 3.8) is 0 Å². The first-order valence-electron chi connectivity index (χ1n) is 8.28. The van der Waals surface area contributed by atoms with Gasteiger partial charge in [-0.25, -0.2) is 0 Å². The number of nitrogens with one attached hydrogen (secondary N) is 1. The van der Waals surface area contributed by atoms with E-state index in [0.717, 1.165) is 31.4 Å². The number of nitrogens with zero attached hydrogens (tertiary/aromatic N) is 3. The normalized spacial score (nSPS) is 14.9. The van der Waals surface area contributed by atoms with Crippen molar-refractivity contribution in [2.24, 2.45) is 0 Å². The monoisotopic (exact) mass is 330 g/mol. The zero-order valence-electron chi connectivity index (χ0n) is 13.8. The lowest BCUT2D eigenvalue weighted by atomic mass is 10.0. The Morgan fingerprint density at radius 2 is 2.17 bits per heavy atom. The van der Waals surface area contributed by atoms with E-state index in [2.05, 4.69) is 17.1 Å². The number of unbranched alkanes of at least 4 members (excludes halogenated alkanes) is 1. The molecule has 0 aromatic heterocycles. The highest BCUT2D eigenvalue weighted by Crippen LogP contribution is 2.27. The number of non-ortho nitro benzene ring substituents is 1. The van der Waals surface area contributed by atoms with Gasteiger partial charge in [-0.15, -0.1) is 0 Å². The molecule has 1 aliphatic rings. The molecule has 128 valence electrons. The number of nitro groups is 1. The van der Waals surface area contributed by atoms with Crippen molar-refractivity contribution >= 4 is 17.3 Å². The van der Waals surface area contributed by atoms with Crippen molar-refractivity contribution < 1.29 is 9.72 Å². The lowest BCUT2D eigenvalue weighted by molar-refractivity contribution is -0.384. The van der Waals surface area contributed by atoms with Gasteiger partial charge in [0.2, 0.25) is 5.91 Å². The molecule has 1 aliphatic heterocycles. The lowest BCUT2D eigenvalue weighted by Crippen LogP contribution is -2.44. The van der Waals surface area contributed by atoms with Crippen LogP contribution in [-0.2, 0) is 4.79 Å². The van der Waals surface area contributed by atoms with Crippen LogP contribution in [0.1, 0.15) is 44.6 Å². The molecular formula is C17H22N4O3. The summed E-state index contributed by atoms with van der Waals surface area (Å²) >= 11 is 0. The minimum Gasteiger partial charge on any atom is -0.370 e. The Bertz CT molecular complexity index is 646. The Kier molecular flexibility index (Phi) is 6.13. The molecule has 0 atom stereocenters. The van der Waals surface area contributed by atoms with Crippen LogP contribution in [0.3, 0.4) is 0 Å². The number of nitriles is 1. The quantitative estimate of drug-likeness (QED) is 0.638. The van der Waals surface area contributed by atoms with Gasteiger partial charge in [0.15, 0.2) is 0 Å². The van der Waals surface area contributed by atoms with Gasteiger partial charge in [-0.1, -0.05) is 13.3 Å². The summed E-state index contributed by atoms with van der Waals surface area (Å²) in [5.74, 6) is 0.100. The summed E-state index contributed by atoms with van der Waals surface area (Å²) < 4.78 is 0. The van der Waals surface area contributed by atoms with Crippen molar-refractivity contribution in [1.29, 1.82) is 5.26 Å². The van der Waals surface area contributed by atoms with Gasteiger partial charge in [-0.05, 0) is 25.3 Å². The van der Waals surface area contributed by atoms with E-state index in [-0.39, 0.29) is 17.6 Å². The number of piperidine rings is 1. The van der Waals surface area contributed by atoms with Gasteiger partial charge in [0.25, 0.3) is 5.69 Å². The molecule has 0 bridgehead atoms. The fourth-order valence-electron chi connectivity index (χ4n) is 2.90. The summed E-state index contributed by atoms with van der Waals surface area (Å²) in [7, 11) is 0. The fourth-order valence-corrected chi connectivity index (χ4v) is 2.90. The van der Waals surface area contributed by atoms with Crippen LogP contribution in [0.25, 0.3) is 0 Å². The molecule has 7 nitrogen and oxygen atoms in total. The minimum absolute atomic E-state index is 0.0756. The summed E-state index contributed by atoms with van der Waals surface area (Å²) in [5.41, 5.74) is 0.960. The number of nitro benzene ring substituents is 1. The molecule has 1 amide bonds. The van der Waals surface area contributed by atoms with Gasteiger partial charge < -0.3 is 10.2 Å². The standard InChI is InChI=1S/C17H22N4O3/c1-2-3-4-17(22)19-14-7-9-20(10-8-14)16-6-5-15(21(23)24)11-13(16)12-18/h5-6,11,14H,2-4,7-10H2,1H3,(H,19,22). The molecule has 0 aliphatic carbocycles. The molecule has 0 saturated carbocycles. The minimum atomic E-state index is -0.497. The highest BCUT2D eigenvalue weighted by Gasteiger charge is 2.23. The number of carbonyl (C=O) groups excluding carboxylic acids is 1. The molecule has 1 aromatic rings. The lowest BCUT2D eigenvalue weighted by Gasteiger charge is -2.34. The number of anilines is 1. The zero-order valence-corrected chi connectivity index (χ0v) is 13.8. The number of hydrogen-bond acceptors (Lipinski definition) is 5. The maximum Gasteiger partial charge on any atom is 0.270 e. The zero-order chi connectivity index (χ0) is 17.5. The molecule has 2 rings (SSSR count). The van der Waals surface area contributed by atoms with Gasteiger partial charge in [-0.3, -0.25) is 14.9 Å².